The van der Waals surface area contributed by atoms with E-state index < -0.39 is 0 Å². The molecule has 2 rings (SSSR count). The van der Waals surface area contributed by atoms with E-state index >= 15 is 0 Å². The molecule has 0 aliphatic heterocycles. The normalized spacial score (nSPS) is 11.4. The predicted molar refractivity (Wildman–Crippen MR) is 87.2 cm³/mol. The Morgan fingerprint density at radius 2 is 2.05 bits per heavy atom. The van der Waals surface area contributed by atoms with Crippen LogP contribution in [0.3, 0.4) is 0 Å². The number of carbonyl (C=O) groups is 1. The van der Waals surface area contributed by atoms with Crippen LogP contribution in [0, 0.1) is 0 Å². The van der Waals surface area contributed by atoms with Crippen molar-refractivity contribution in [3.8, 4) is 0 Å². The van der Waals surface area contributed by atoms with Crippen LogP contribution in [0.2, 0.25) is 0 Å². The zero-order valence-electron chi connectivity index (χ0n) is 12.7. The second-order valence-corrected chi connectivity index (χ2v) is 6.08. The third-order valence-corrected chi connectivity index (χ3v) is 2.98. The summed E-state index contributed by atoms with van der Waals surface area (Å²) < 4.78 is 0. The van der Waals surface area contributed by atoms with Crippen LogP contribution < -0.4 is 16.4 Å². The molecule has 1 amide bonds. The molecule has 1 aromatic heterocycles. The van der Waals surface area contributed by atoms with Gasteiger partial charge in [0.15, 0.2) is 0 Å². The molecule has 0 atom stereocenters. The number of fused-ring (bicyclic) bond motifs is 1. The van der Waals surface area contributed by atoms with Crippen LogP contribution in [0.1, 0.15) is 27.2 Å². The maximum atomic E-state index is 11.8. The third kappa shape index (κ3) is 4.08. The van der Waals surface area contributed by atoms with Crippen LogP contribution in [0.4, 0.5) is 11.4 Å². The Hall–Kier alpha value is -2.30. The molecule has 0 spiro atoms. The fourth-order valence-corrected chi connectivity index (χ4v) is 2.14. The lowest BCUT2D eigenvalue weighted by molar-refractivity contribution is -0.122. The SMILES string of the molecule is CC(C)(C)NC(=O)CCNc1ccnc2c(N)cccc12. The maximum Gasteiger partial charge on any atom is 0.222 e. The summed E-state index contributed by atoms with van der Waals surface area (Å²) >= 11 is 0. The molecule has 0 radical (unpaired) electrons. The predicted octanol–water partition coefficient (Wildman–Crippen LogP) is 2.53. The van der Waals surface area contributed by atoms with E-state index in [-0.39, 0.29) is 11.4 Å². The lowest BCUT2D eigenvalue weighted by Crippen LogP contribution is -2.41. The van der Waals surface area contributed by atoms with E-state index in [1.54, 1.807) is 6.20 Å². The van der Waals surface area contributed by atoms with E-state index in [0.717, 1.165) is 16.6 Å². The highest BCUT2D eigenvalue weighted by Gasteiger charge is 2.13. The van der Waals surface area contributed by atoms with E-state index in [4.69, 9.17) is 5.73 Å². The Labute approximate surface area is 124 Å². The average Bonchev–Trinajstić information content (AvgIpc) is 2.37. The smallest absolute Gasteiger partial charge is 0.222 e. The minimum absolute atomic E-state index is 0.0351. The second kappa shape index (κ2) is 5.99. The molecule has 4 N–H and O–H groups in total. The summed E-state index contributed by atoms with van der Waals surface area (Å²) in [7, 11) is 0. The molecule has 1 aromatic carbocycles. The molecule has 0 fully saturated rings. The Balaban J connectivity index is 2.01. The number of nitrogen functional groups attached to an aromatic ring is 1. The molecular formula is C16H22N4O. The lowest BCUT2D eigenvalue weighted by Gasteiger charge is -2.20. The van der Waals surface area contributed by atoms with Gasteiger partial charge in [0.2, 0.25) is 5.91 Å². The number of para-hydroxylation sites is 1. The van der Waals surface area contributed by atoms with E-state index in [1.165, 1.54) is 0 Å². The molecule has 0 unspecified atom stereocenters. The molecule has 0 aliphatic carbocycles. The number of aromatic nitrogens is 1. The molecular weight excluding hydrogens is 264 g/mol. The first kappa shape index (κ1) is 15.1. The number of carbonyl (C=O) groups excluding carboxylic acids is 1. The van der Waals surface area contributed by atoms with Crippen molar-refractivity contribution in [2.24, 2.45) is 0 Å². The van der Waals surface area contributed by atoms with Gasteiger partial charge in [0, 0.05) is 35.8 Å². The number of rotatable bonds is 4. The number of anilines is 2. The molecule has 112 valence electrons. The van der Waals surface area contributed by atoms with E-state index in [1.807, 2.05) is 45.0 Å². The minimum atomic E-state index is -0.200. The summed E-state index contributed by atoms with van der Waals surface area (Å²) in [4.78, 5) is 16.1. The van der Waals surface area contributed by atoms with Crippen LogP contribution in [0.5, 0.6) is 0 Å². The molecule has 21 heavy (non-hydrogen) atoms. The van der Waals surface area contributed by atoms with Gasteiger partial charge in [-0.05, 0) is 32.9 Å². The fourth-order valence-electron chi connectivity index (χ4n) is 2.14. The van der Waals surface area contributed by atoms with Crippen LogP contribution in [-0.4, -0.2) is 23.0 Å². The van der Waals surface area contributed by atoms with E-state index in [9.17, 15) is 4.79 Å². The summed E-state index contributed by atoms with van der Waals surface area (Å²) in [5, 5.41) is 7.18. The Bertz CT molecular complexity index is 646. The van der Waals surface area contributed by atoms with Crippen molar-refractivity contribution >= 4 is 28.2 Å². The fraction of sp³-hybridized carbons (Fsp3) is 0.375. The maximum absolute atomic E-state index is 11.8. The van der Waals surface area contributed by atoms with Crippen molar-refractivity contribution < 1.29 is 4.79 Å². The highest BCUT2D eigenvalue weighted by molar-refractivity contribution is 5.97. The van der Waals surface area contributed by atoms with Gasteiger partial charge in [0.1, 0.15) is 0 Å². The average molecular weight is 286 g/mol. The van der Waals surface area contributed by atoms with Crippen LogP contribution >= 0.6 is 0 Å². The largest absolute Gasteiger partial charge is 0.397 e. The van der Waals surface area contributed by atoms with E-state index in [2.05, 4.69) is 15.6 Å². The Morgan fingerprint density at radius 3 is 2.76 bits per heavy atom. The number of hydrogen-bond acceptors (Lipinski definition) is 4. The van der Waals surface area contributed by atoms with Gasteiger partial charge in [0.05, 0.1) is 11.2 Å². The molecule has 0 saturated heterocycles. The third-order valence-electron chi connectivity index (χ3n) is 2.98. The van der Waals surface area contributed by atoms with Crippen molar-refractivity contribution in [3.63, 3.8) is 0 Å². The summed E-state index contributed by atoms with van der Waals surface area (Å²) in [5.74, 6) is 0.0351. The molecule has 0 aliphatic rings. The van der Waals surface area contributed by atoms with Gasteiger partial charge in [-0.3, -0.25) is 9.78 Å². The zero-order chi connectivity index (χ0) is 15.5. The number of hydrogen-bond donors (Lipinski definition) is 3. The van der Waals surface area contributed by atoms with Crippen molar-refractivity contribution in [2.75, 3.05) is 17.6 Å². The molecule has 5 nitrogen and oxygen atoms in total. The first-order valence-electron chi connectivity index (χ1n) is 7.05. The molecule has 5 heteroatoms. The molecule has 0 bridgehead atoms. The standard InChI is InChI=1S/C16H22N4O/c1-16(2,3)20-14(21)8-10-18-13-7-9-19-15-11(13)5-4-6-12(15)17/h4-7,9H,8,10,17H2,1-3H3,(H,18,19)(H,20,21). The first-order valence-corrected chi connectivity index (χ1v) is 7.05. The number of nitrogens with one attached hydrogen (secondary N) is 2. The number of benzene rings is 1. The summed E-state index contributed by atoms with van der Waals surface area (Å²) in [6.45, 7) is 6.47. The van der Waals surface area contributed by atoms with Crippen LogP contribution in [0.15, 0.2) is 30.5 Å². The number of nitrogens with zero attached hydrogens (tertiary/aromatic N) is 1. The van der Waals surface area contributed by atoms with Crippen LogP contribution in [-0.2, 0) is 4.79 Å². The zero-order valence-corrected chi connectivity index (χ0v) is 12.7. The highest BCUT2D eigenvalue weighted by Crippen LogP contribution is 2.25. The van der Waals surface area contributed by atoms with Gasteiger partial charge >= 0.3 is 0 Å². The monoisotopic (exact) mass is 286 g/mol. The second-order valence-electron chi connectivity index (χ2n) is 6.08. The Morgan fingerprint density at radius 1 is 1.29 bits per heavy atom. The number of amides is 1. The van der Waals surface area contributed by atoms with Gasteiger partial charge in [-0.2, -0.15) is 0 Å². The first-order chi connectivity index (χ1) is 9.87. The van der Waals surface area contributed by atoms with Crippen molar-refractivity contribution in [3.05, 3.63) is 30.5 Å². The highest BCUT2D eigenvalue weighted by atomic mass is 16.1. The molecule has 2 aromatic rings. The topological polar surface area (TPSA) is 80.0 Å². The lowest BCUT2D eigenvalue weighted by atomic mass is 10.1. The molecule has 0 saturated carbocycles. The van der Waals surface area contributed by atoms with E-state index in [0.29, 0.717) is 18.7 Å². The molecule has 1 heterocycles. The summed E-state index contributed by atoms with van der Waals surface area (Å²) in [5.41, 5.74) is 8.09. The van der Waals surface area contributed by atoms with Crippen molar-refractivity contribution in [2.45, 2.75) is 32.7 Å². The summed E-state index contributed by atoms with van der Waals surface area (Å²) in [6.07, 6.45) is 2.14. The quantitative estimate of drug-likeness (QED) is 0.755. The van der Waals surface area contributed by atoms with Gasteiger partial charge in [-0.15, -0.1) is 0 Å². The van der Waals surface area contributed by atoms with Crippen molar-refractivity contribution in [1.29, 1.82) is 0 Å². The number of pyridine rings is 1. The minimum Gasteiger partial charge on any atom is -0.397 e. The van der Waals surface area contributed by atoms with Gasteiger partial charge in [-0.1, -0.05) is 12.1 Å². The van der Waals surface area contributed by atoms with Crippen molar-refractivity contribution in [1.82, 2.24) is 10.3 Å². The number of nitrogens with two attached hydrogens (primary N) is 1. The Kier molecular flexibility index (Phi) is 4.31. The van der Waals surface area contributed by atoms with Crippen LogP contribution in [0.25, 0.3) is 10.9 Å². The van der Waals surface area contributed by atoms with Gasteiger partial charge in [0.25, 0.3) is 0 Å². The summed E-state index contributed by atoms with van der Waals surface area (Å²) in [6, 6.07) is 7.59. The van der Waals surface area contributed by atoms with Gasteiger partial charge in [-0.25, -0.2) is 0 Å². The van der Waals surface area contributed by atoms with Gasteiger partial charge < -0.3 is 16.4 Å².